The highest BCUT2D eigenvalue weighted by atomic mass is 16.4. The summed E-state index contributed by atoms with van der Waals surface area (Å²) in [6.07, 6.45) is 0.958. The van der Waals surface area contributed by atoms with Crippen LogP contribution in [0.3, 0.4) is 0 Å². The Kier molecular flexibility index (Phi) is 3.28. The summed E-state index contributed by atoms with van der Waals surface area (Å²) < 4.78 is 0. The molecule has 0 aromatic heterocycles. The predicted molar refractivity (Wildman–Crippen MR) is 60.1 cm³/mol. The molecular weight excluding hydrogens is 192 g/mol. The largest absolute Gasteiger partial charge is 0.465 e. The van der Waals surface area contributed by atoms with E-state index in [9.17, 15) is 9.90 Å². The van der Waals surface area contributed by atoms with E-state index in [1.807, 2.05) is 27.7 Å². The number of nitrogens with zero attached hydrogens (tertiary/aromatic N) is 1. The van der Waals surface area contributed by atoms with E-state index in [-0.39, 0.29) is 11.1 Å². The topological polar surface area (TPSA) is 52.6 Å². The maximum Gasteiger partial charge on any atom is 0.408 e. The van der Waals surface area contributed by atoms with Crippen molar-refractivity contribution in [2.45, 2.75) is 51.6 Å². The Bertz CT molecular complexity index is 239. The fourth-order valence-corrected chi connectivity index (χ4v) is 2.52. The lowest BCUT2D eigenvalue weighted by Crippen LogP contribution is -2.61. The van der Waals surface area contributed by atoms with Crippen molar-refractivity contribution in [3.05, 3.63) is 0 Å². The number of carboxylic acid groups (broad SMARTS) is 1. The highest BCUT2D eigenvalue weighted by Gasteiger charge is 2.42. The molecule has 1 saturated heterocycles. The first-order chi connectivity index (χ1) is 6.77. The van der Waals surface area contributed by atoms with Gasteiger partial charge in [0.15, 0.2) is 0 Å². The Morgan fingerprint density at radius 2 is 1.80 bits per heavy atom. The molecule has 1 heterocycles. The van der Waals surface area contributed by atoms with Gasteiger partial charge in [0.05, 0.1) is 0 Å². The zero-order chi connectivity index (χ0) is 11.7. The van der Waals surface area contributed by atoms with Gasteiger partial charge in [0.1, 0.15) is 0 Å². The summed E-state index contributed by atoms with van der Waals surface area (Å²) in [5.74, 6) is 0. The van der Waals surface area contributed by atoms with Crippen molar-refractivity contribution < 1.29 is 9.90 Å². The number of carbonyl (C=O) groups is 1. The van der Waals surface area contributed by atoms with Gasteiger partial charge in [0.2, 0.25) is 0 Å². The lowest BCUT2D eigenvalue weighted by atomic mass is 9.85. The third-order valence-electron chi connectivity index (χ3n) is 3.08. The standard InChI is InChI=1S/C11H22N2O2/c1-10(2,3)13(9(14)15)11(4)5-7-12-8-6-11/h12H,5-8H2,1-4H3,(H,14,15). The molecule has 0 bridgehead atoms. The van der Waals surface area contributed by atoms with Crippen LogP contribution in [0, 0.1) is 0 Å². The smallest absolute Gasteiger partial charge is 0.408 e. The van der Waals surface area contributed by atoms with Gasteiger partial charge in [-0.1, -0.05) is 0 Å². The van der Waals surface area contributed by atoms with Crippen LogP contribution < -0.4 is 5.32 Å². The molecule has 1 amide bonds. The summed E-state index contributed by atoms with van der Waals surface area (Å²) in [4.78, 5) is 13.0. The Morgan fingerprint density at radius 1 is 1.33 bits per heavy atom. The van der Waals surface area contributed by atoms with Crippen molar-refractivity contribution in [1.29, 1.82) is 0 Å². The summed E-state index contributed by atoms with van der Waals surface area (Å²) in [6.45, 7) is 9.71. The zero-order valence-corrected chi connectivity index (χ0v) is 10.1. The van der Waals surface area contributed by atoms with E-state index in [0.717, 1.165) is 25.9 Å². The molecule has 0 unspecified atom stereocenters. The normalized spacial score (nSPS) is 21.1. The van der Waals surface area contributed by atoms with Gasteiger partial charge >= 0.3 is 6.09 Å². The lowest BCUT2D eigenvalue weighted by molar-refractivity contribution is 0.00877. The van der Waals surface area contributed by atoms with Crippen LogP contribution in [-0.2, 0) is 0 Å². The van der Waals surface area contributed by atoms with E-state index in [4.69, 9.17) is 0 Å². The van der Waals surface area contributed by atoms with E-state index in [1.54, 1.807) is 4.90 Å². The van der Waals surface area contributed by atoms with Crippen molar-refractivity contribution in [2.24, 2.45) is 0 Å². The van der Waals surface area contributed by atoms with Gasteiger partial charge in [0.25, 0.3) is 0 Å². The molecule has 0 spiro atoms. The van der Waals surface area contributed by atoms with Crippen molar-refractivity contribution in [1.82, 2.24) is 10.2 Å². The Labute approximate surface area is 91.6 Å². The van der Waals surface area contributed by atoms with E-state index in [2.05, 4.69) is 5.32 Å². The van der Waals surface area contributed by atoms with Crippen LogP contribution in [0.1, 0.15) is 40.5 Å². The van der Waals surface area contributed by atoms with Crippen LogP contribution in [-0.4, -0.2) is 40.3 Å². The van der Waals surface area contributed by atoms with Crippen molar-refractivity contribution >= 4 is 6.09 Å². The molecule has 0 saturated carbocycles. The molecular formula is C11H22N2O2. The molecule has 2 N–H and O–H groups in total. The fraction of sp³-hybridized carbons (Fsp3) is 0.909. The number of rotatable bonds is 1. The van der Waals surface area contributed by atoms with E-state index < -0.39 is 6.09 Å². The first-order valence-electron chi connectivity index (χ1n) is 5.51. The van der Waals surface area contributed by atoms with Gasteiger partial charge in [0, 0.05) is 11.1 Å². The average Bonchev–Trinajstić information content (AvgIpc) is 2.00. The minimum absolute atomic E-state index is 0.227. The van der Waals surface area contributed by atoms with E-state index >= 15 is 0 Å². The third-order valence-corrected chi connectivity index (χ3v) is 3.08. The Morgan fingerprint density at radius 3 is 2.13 bits per heavy atom. The molecule has 4 heteroatoms. The molecule has 0 aromatic rings. The maximum atomic E-state index is 11.4. The highest BCUT2D eigenvalue weighted by molar-refractivity contribution is 5.67. The van der Waals surface area contributed by atoms with Gasteiger partial charge in [-0.15, -0.1) is 0 Å². The molecule has 0 aliphatic carbocycles. The Balaban J connectivity index is 2.92. The first kappa shape index (κ1) is 12.3. The Hall–Kier alpha value is -0.770. The van der Waals surface area contributed by atoms with Gasteiger partial charge in [-0.2, -0.15) is 0 Å². The number of amides is 1. The third kappa shape index (κ3) is 2.62. The molecule has 1 aliphatic heterocycles. The molecule has 1 aliphatic rings. The molecule has 0 atom stereocenters. The van der Waals surface area contributed by atoms with Crippen LogP contribution >= 0.6 is 0 Å². The summed E-state index contributed by atoms with van der Waals surface area (Å²) in [7, 11) is 0. The molecule has 4 nitrogen and oxygen atoms in total. The second kappa shape index (κ2) is 4.00. The van der Waals surface area contributed by atoms with Crippen LogP contribution in [0.4, 0.5) is 4.79 Å². The quantitative estimate of drug-likeness (QED) is 0.701. The number of hydrogen-bond acceptors (Lipinski definition) is 2. The van der Waals surface area contributed by atoms with Crippen LogP contribution in [0.5, 0.6) is 0 Å². The zero-order valence-electron chi connectivity index (χ0n) is 10.1. The van der Waals surface area contributed by atoms with Crippen molar-refractivity contribution in [3.63, 3.8) is 0 Å². The molecule has 0 radical (unpaired) electrons. The molecule has 15 heavy (non-hydrogen) atoms. The predicted octanol–water partition coefficient (Wildman–Crippen LogP) is 1.91. The molecule has 1 rings (SSSR count). The number of nitrogens with one attached hydrogen (secondary N) is 1. The first-order valence-corrected chi connectivity index (χ1v) is 5.51. The lowest BCUT2D eigenvalue weighted by Gasteiger charge is -2.49. The van der Waals surface area contributed by atoms with Crippen LogP contribution in [0.15, 0.2) is 0 Å². The fourth-order valence-electron chi connectivity index (χ4n) is 2.52. The van der Waals surface area contributed by atoms with Gasteiger partial charge in [-0.05, 0) is 53.6 Å². The van der Waals surface area contributed by atoms with E-state index in [0.29, 0.717) is 0 Å². The summed E-state index contributed by atoms with van der Waals surface area (Å²) in [5.41, 5.74) is -0.562. The number of hydrogen-bond donors (Lipinski definition) is 2. The highest BCUT2D eigenvalue weighted by Crippen LogP contribution is 2.32. The van der Waals surface area contributed by atoms with Crippen molar-refractivity contribution in [2.75, 3.05) is 13.1 Å². The van der Waals surface area contributed by atoms with Crippen LogP contribution in [0.25, 0.3) is 0 Å². The average molecular weight is 214 g/mol. The number of piperidine rings is 1. The van der Waals surface area contributed by atoms with E-state index in [1.165, 1.54) is 0 Å². The second-order valence-electron chi connectivity index (χ2n) is 5.54. The van der Waals surface area contributed by atoms with Gasteiger partial charge in [-0.3, -0.25) is 4.90 Å². The van der Waals surface area contributed by atoms with Gasteiger partial charge in [-0.25, -0.2) is 4.79 Å². The maximum absolute atomic E-state index is 11.4. The monoisotopic (exact) mass is 214 g/mol. The SMILES string of the molecule is CC(C)(C)N(C(=O)O)C1(C)CCNCC1. The van der Waals surface area contributed by atoms with Crippen molar-refractivity contribution in [3.8, 4) is 0 Å². The second-order valence-corrected chi connectivity index (χ2v) is 5.54. The summed E-state index contributed by atoms with van der Waals surface area (Å²) in [5, 5.41) is 12.6. The van der Waals surface area contributed by atoms with Gasteiger partial charge < -0.3 is 10.4 Å². The molecule has 0 aromatic carbocycles. The minimum Gasteiger partial charge on any atom is -0.465 e. The van der Waals surface area contributed by atoms with Crippen LogP contribution in [0.2, 0.25) is 0 Å². The summed E-state index contributed by atoms with van der Waals surface area (Å²) in [6, 6.07) is 0. The minimum atomic E-state index is -0.813. The molecule has 1 fully saturated rings. The molecule has 88 valence electrons. The summed E-state index contributed by atoms with van der Waals surface area (Å²) >= 11 is 0.